The van der Waals surface area contributed by atoms with E-state index in [1.54, 1.807) is 0 Å². The smallest absolute Gasteiger partial charge is 0.303 e. The van der Waals surface area contributed by atoms with E-state index in [2.05, 4.69) is 27.7 Å². The highest BCUT2D eigenvalue weighted by Gasteiger charge is 2.24. The number of aliphatic carboxylic acids is 1. The van der Waals surface area contributed by atoms with Crippen LogP contribution in [0.15, 0.2) is 0 Å². The van der Waals surface area contributed by atoms with Crippen LogP contribution in [-0.2, 0) is 4.79 Å². The third-order valence-corrected chi connectivity index (χ3v) is 5.34. The molecule has 0 heterocycles. The Labute approximate surface area is 151 Å². The number of unbranched alkanes of at least 4 members (excludes halogenated alkanes) is 11. The second-order valence-corrected chi connectivity index (χ2v) is 8.67. The van der Waals surface area contributed by atoms with Crippen LogP contribution >= 0.6 is 0 Å². The van der Waals surface area contributed by atoms with Crippen LogP contribution < -0.4 is 0 Å². The van der Waals surface area contributed by atoms with E-state index >= 15 is 0 Å². The third kappa shape index (κ3) is 15.0. The van der Waals surface area contributed by atoms with Crippen molar-refractivity contribution in [3.63, 3.8) is 0 Å². The monoisotopic (exact) mass is 340 g/mol. The molecule has 0 amide bonds. The fourth-order valence-corrected chi connectivity index (χ4v) is 3.54. The highest BCUT2D eigenvalue weighted by molar-refractivity contribution is 5.66. The summed E-state index contributed by atoms with van der Waals surface area (Å²) in [5.41, 5.74) is 0.229. The molecule has 1 atom stereocenters. The maximum Gasteiger partial charge on any atom is 0.303 e. The van der Waals surface area contributed by atoms with E-state index in [4.69, 9.17) is 5.11 Å². The van der Waals surface area contributed by atoms with Crippen LogP contribution in [0.25, 0.3) is 0 Å². The van der Waals surface area contributed by atoms with E-state index in [0.29, 0.717) is 12.3 Å². The molecule has 0 aromatic heterocycles. The Hall–Kier alpha value is -0.530. The quantitative estimate of drug-likeness (QED) is 0.294. The molecule has 0 aliphatic carbocycles. The maximum absolute atomic E-state index is 10.8. The molecule has 0 aliphatic heterocycles. The maximum atomic E-state index is 10.8. The molecular weight excluding hydrogens is 296 g/mol. The molecule has 0 aromatic carbocycles. The Bertz CT molecular complexity index is 291. The highest BCUT2D eigenvalue weighted by Crippen LogP contribution is 2.34. The number of hydrogen-bond acceptors (Lipinski definition) is 1. The van der Waals surface area contributed by atoms with Crippen molar-refractivity contribution >= 4 is 5.97 Å². The zero-order valence-corrected chi connectivity index (χ0v) is 17.0. The molecule has 0 fully saturated rings. The Morgan fingerprint density at radius 2 is 1.17 bits per heavy atom. The molecule has 0 saturated heterocycles. The van der Waals surface area contributed by atoms with Gasteiger partial charge in [0, 0.05) is 6.42 Å². The van der Waals surface area contributed by atoms with Gasteiger partial charge in [-0.1, -0.05) is 105 Å². The first-order chi connectivity index (χ1) is 11.4. The Balaban J connectivity index is 3.53. The lowest BCUT2D eigenvalue weighted by Crippen LogP contribution is -2.21. The van der Waals surface area contributed by atoms with Gasteiger partial charge in [-0.05, 0) is 24.2 Å². The van der Waals surface area contributed by atoms with Crippen molar-refractivity contribution in [2.24, 2.45) is 11.3 Å². The topological polar surface area (TPSA) is 37.3 Å². The zero-order chi connectivity index (χ0) is 18.3. The van der Waals surface area contributed by atoms with Gasteiger partial charge in [0.1, 0.15) is 0 Å². The first kappa shape index (κ1) is 23.5. The Morgan fingerprint density at radius 3 is 1.54 bits per heavy atom. The molecule has 1 unspecified atom stereocenters. The van der Waals surface area contributed by atoms with Gasteiger partial charge in [0.15, 0.2) is 0 Å². The minimum atomic E-state index is -0.654. The minimum Gasteiger partial charge on any atom is -0.481 e. The van der Waals surface area contributed by atoms with Crippen molar-refractivity contribution in [3.05, 3.63) is 0 Å². The molecule has 0 aromatic rings. The van der Waals surface area contributed by atoms with Gasteiger partial charge in [0.25, 0.3) is 0 Å². The lowest BCUT2D eigenvalue weighted by Gasteiger charge is -2.30. The van der Waals surface area contributed by atoms with Gasteiger partial charge in [-0.25, -0.2) is 0 Å². The van der Waals surface area contributed by atoms with Crippen LogP contribution in [0, 0.1) is 11.3 Å². The minimum absolute atomic E-state index is 0.229. The molecule has 0 rings (SSSR count). The summed E-state index contributed by atoms with van der Waals surface area (Å²) in [5, 5.41) is 8.90. The molecule has 0 saturated carbocycles. The van der Waals surface area contributed by atoms with Gasteiger partial charge in [-0.15, -0.1) is 0 Å². The summed E-state index contributed by atoms with van der Waals surface area (Å²) in [6.07, 6.45) is 18.9. The van der Waals surface area contributed by atoms with Crippen molar-refractivity contribution in [2.75, 3.05) is 0 Å². The van der Waals surface area contributed by atoms with Gasteiger partial charge in [0.2, 0.25) is 0 Å². The van der Waals surface area contributed by atoms with Crippen LogP contribution in [0.1, 0.15) is 124 Å². The average molecular weight is 341 g/mol. The van der Waals surface area contributed by atoms with Crippen LogP contribution in [0.3, 0.4) is 0 Å². The molecule has 0 radical (unpaired) electrons. The Morgan fingerprint density at radius 1 is 0.750 bits per heavy atom. The second kappa shape index (κ2) is 14.8. The standard InChI is InChI=1S/C22H44O2/c1-5-6-7-8-9-10-11-12-13-14-15-16-17-20(22(2,3)4)18-19-21(23)24/h20H,5-19H2,1-4H3,(H,23,24). The van der Waals surface area contributed by atoms with Crippen molar-refractivity contribution in [2.45, 2.75) is 124 Å². The highest BCUT2D eigenvalue weighted by atomic mass is 16.4. The lowest BCUT2D eigenvalue weighted by atomic mass is 9.75. The fraction of sp³-hybridized carbons (Fsp3) is 0.955. The molecule has 144 valence electrons. The average Bonchev–Trinajstić information content (AvgIpc) is 2.49. The molecule has 0 spiro atoms. The number of rotatable bonds is 16. The Kier molecular flexibility index (Phi) is 14.5. The molecule has 0 aliphatic rings. The van der Waals surface area contributed by atoms with Crippen molar-refractivity contribution in [3.8, 4) is 0 Å². The zero-order valence-electron chi connectivity index (χ0n) is 17.0. The summed E-state index contributed by atoms with van der Waals surface area (Å²) in [6.45, 7) is 9.02. The first-order valence-electron chi connectivity index (χ1n) is 10.6. The van der Waals surface area contributed by atoms with Crippen molar-refractivity contribution in [1.82, 2.24) is 0 Å². The van der Waals surface area contributed by atoms with E-state index in [1.807, 2.05) is 0 Å². The molecule has 24 heavy (non-hydrogen) atoms. The summed E-state index contributed by atoms with van der Waals surface area (Å²) in [5.74, 6) is -0.115. The second-order valence-electron chi connectivity index (χ2n) is 8.67. The van der Waals surface area contributed by atoms with Gasteiger partial charge in [-0.3, -0.25) is 4.79 Å². The van der Waals surface area contributed by atoms with E-state index in [-0.39, 0.29) is 5.41 Å². The molecular formula is C22H44O2. The van der Waals surface area contributed by atoms with E-state index in [9.17, 15) is 4.79 Å². The van der Waals surface area contributed by atoms with Crippen LogP contribution in [0.4, 0.5) is 0 Å². The summed E-state index contributed by atoms with van der Waals surface area (Å²) in [4.78, 5) is 10.8. The van der Waals surface area contributed by atoms with Gasteiger partial charge in [-0.2, -0.15) is 0 Å². The van der Waals surface area contributed by atoms with Crippen LogP contribution in [-0.4, -0.2) is 11.1 Å². The summed E-state index contributed by atoms with van der Waals surface area (Å²) >= 11 is 0. The fourth-order valence-electron chi connectivity index (χ4n) is 3.54. The lowest BCUT2D eigenvalue weighted by molar-refractivity contribution is -0.137. The first-order valence-corrected chi connectivity index (χ1v) is 10.6. The molecule has 2 nitrogen and oxygen atoms in total. The van der Waals surface area contributed by atoms with Crippen LogP contribution in [0.2, 0.25) is 0 Å². The van der Waals surface area contributed by atoms with Crippen LogP contribution in [0.5, 0.6) is 0 Å². The summed E-state index contributed by atoms with van der Waals surface area (Å²) < 4.78 is 0. The van der Waals surface area contributed by atoms with E-state index in [1.165, 1.54) is 83.5 Å². The molecule has 2 heteroatoms. The van der Waals surface area contributed by atoms with Gasteiger partial charge >= 0.3 is 5.97 Å². The van der Waals surface area contributed by atoms with Crippen molar-refractivity contribution < 1.29 is 9.90 Å². The van der Waals surface area contributed by atoms with Crippen molar-refractivity contribution in [1.29, 1.82) is 0 Å². The number of carboxylic acids is 1. The summed E-state index contributed by atoms with van der Waals surface area (Å²) in [6, 6.07) is 0. The number of carbonyl (C=O) groups is 1. The van der Waals surface area contributed by atoms with E-state index < -0.39 is 5.97 Å². The van der Waals surface area contributed by atoms with Gasteiger partial charge in [0.05, 0.1) is 0 Å². The number of hydrogen-bond donors (Lipinski definition) is 1. The molecule has 0 bridgehead atoms. The predicted molar refractivity (Wildman–Crippen MR) is 106 cm³/mol. The van der Waals surface area contributed by atoms with Gasteiger partial charge < -0.3 is 5.11 Å². The summed E-state index contributed by atoms with van der Waals surface area (Å²) in [7, 11) is 0. The normalized spacial score (nSPS) is 13.2. The van der Waals surface area contributed by atoms with E-state index in [0.717, 1.165) is 6.42 Å². The third-order valence-electron chi connectivity index (χ3n) is 5.34. The predicted octanol–water partition coefficient (Wildman–Crippen LogP) is 7.60. The largest absolute Gasteiger partial charge is 0.481 e. The molecule has 1 N–H and O–H groups in total. The SMILES string of the molecule is CCCCCCCCCCCCCCC(CCC(=O)O)C(C)(C)C. The number of carboxylic acid groups (broad SMARTS) is 1.